The second-order valence-electron chi connectivity index (χ2n) is 9.82. The van der Waals surface area contributed by atoms with Crippen molar-refractivity contribution in [3.05, 3.63) is 53.7 Å². The Morgan fingerprint density at radius 1 is 1.06 bits per heavy atom. The lowest BCUT2D eigenvalue weighted by Gasteiger charge is -2.34. The van der Waals surface area contributed by atoms with Crippen LogP contribution in [-0.4, -0.2) is 65.5 Å². The van der Waals surface area contributed by atoms with Gasteiger partial charge in [0.15, 0.2) is 17.4 Å². The second-order valence-corrected chi connectivity index (χ2v) is 9.82. The number of fused-ring (bicyclic) bond motifs is 1. The van der Waals surface area contributed by atoms with Crippen molar-refractivity contribution in [2.24, 2.45) is 5.92 Å². The van der Waals surface area contributed by atoms with E-state index in [0.29, 0.717) is 18.5 Å². The Labute approximate surface area is 203 Å². The number of phenolic OH excluding ortho intramolecular Hbond substituents is 1. The average Bonchev–Trinajstić information content (AvgIpc) is 3.30. The molecular formula is C26H31F2N5O2. The van der Waals surface area contributed by atoms with Crippen LogP contribution in [0.4, 0.5) is 14.5 Å². The number of halogens is 2. The Hall–Kier alpha value is -3.20. The monoisotopic (exact) mass is 483 g/mol. The highest BCUT2D eigenvalue weighted by molar-refractivity contribution is 5.94. The normalized spacial score (nSPS) is 21.4. The van der Waals surface area contributed by atoms with Gasteiger partial charge in [-0.3, -0.25) is 9.48 Å². The van der Waals surface area contributed by atoms with E-state index >= 15 is 0 Å². The lowest BCUT2D eigenvalue weighted by atomic mass is 9.86. The fourth-order valence-electron chi connectivity index (χ4n) is 5.12. The van der Waals surface area contributed by atoms with Crippen LogP contribution in [-0.2, 0) is 0 Å². The largest absolute Gasteiger partial charge is 0.503 e. The minimum absolute atomic E-state index is 0.134. The van der Waals surface area contributed by atoms with Crippen molar-refractivity contribution < 1.29 is 18.7 Å². The number of rotatable bonds is 5. The van der Waals surface area contributed by atoms with Crippen molar-refractivity contribution in [1.82, 2.24) is 20.0 Å². The SMILES string of the molecule is CN1CCN(c2ccc3cn(C4CCC(CNC(=O)c5cc(F)c(O)c(F)c5)CC4)nc3c2)CC1. The Bertz CT molecular complexity index is 1190. The van der Waals surface area contributed by atoms with Crippen LogP contribution in [0, 0.1) is 17.6 Å². The van der Waals surface area contributed by atoms with Crippen LogP contribution in [0.15, 0.2) is 36.5 Å². The van der Waals surface area contributed by atoms with Crippen molar-refractivity contribution in [3.8, 4) is 5.75 Å². The number of benzene rings is 2. The van der Waals surface area contributed by atoms with E-state index in [1.54, 1.807) is 0 Å². The van der Waals surface area contributed by atoms with Gasteiger partial charge < -0.3 is 20.2 Å². The molecule has 0 spiro atoms. The highest BCUT2D eigenvalue weighted by atomic mass is 19.1. The molecule has 2 N–H and O–H groups in total. The second kappa shape index (κ2) is 9.81. The molecule has 35 heavy (non-hydrogen) atoms. The molecule has 3 aromatic rings. The summed E-state index contributed by atoms with van der Waals surface area (Å²) < 4.78 is 29.1. The van der Waals surface area contributed by atoms with Gasteiger partial charge in [-0.1, -0.05) is 0 Å². The van der Waals surface area contributed by atoms with E-state index < -0.39 is 23.3 Å². The Morgan fingerprint density at radius 2 is 1.74 bits per heavy atom. The molecule has 1 amide bonds. The molecule has 1 aliphatic carbocycles. The summed E-state index contributed by atoms with van der Waals surface area (Å²) in [5.41, 5.74) is 2.11. The number of anilines is 1. The first kappa shape index (κ1) is 23.5. The molecule has 1 saturated heterocycles. The summed E-state index contributed by atoms with van der Waals surface area (Å²) in [5, 5.41) is 18.0. The summed E-state index contributed by atoms with van der Waals surface area (Å²) in [5.74, 6) is -3.59. The predicted molar refractivity (Wildman–Crippen MR) is 131 cm³/mol. The number of carbonyl (C=O) groups is 1. The van der Waals surface area contributed by atoms with E-state index in [0.717, 1.165) is 74.9 Å². The number of hydrogen-bond donors (Lipinski definition) is 2. The first-order chi connectivity index (χ1) is 16.9. The lowest BCUT2D eigenvalue weighted by Crippen LogP contribution is -2.44. The van der Waals surface area contributed by atoms with Crippen LogP contribution >= 0.6 is 0 Å². The molecule has 0 bridgehead atoms. The average molecular weight is 484 g/mol. The van der Waals surface area contributed by atoms with Crippen LogP contribution < -0.4 is 10.2 Å². The molecule has 2 heterocycles. The maximum absolute atomic E-state index is 13.5. The van der Waals surface area contributed by atoms with Gasteiger partial charge >= 0.3 is 0 Å². The molecule has 0 radical (unpaired) electrons. The minimum atomic E-state index is -1.14. The smallest absolute Gasteiger partial charge is 0.251 e. The zero-order valence-electron chi connectivity index (χ0n) is 19.9. The van der Waals surface area contributed by atoms with Crippen molar-refractivity contribution in [2.75, 3.05) is 44.7 Å². The fourth-order valence-corrected chi connectivity index (χ4v) is 5.12. The molecule has 0 unspecified atom stereocenters. The standard InChI is InChI=1S/C26H31F2N5O2/c1-31-8-10-32(11-9-31)21-7-4-18-16-33(30-24(18)14-21)20-5-2-17(3-6-20)15-29-26(35)19-12-22(27)25(34)23(28)13-19/h4,7,12-14,16-17,20,34H,2-3,5-6,8-11,15H2,1H3,(H,29,35). The Morgan fingerprint density at radius 3 is 2.43 bits per heavy atom. The fraction of sp³-hybridized carbons (Fsp3) is 0.462. The van der Waals surface area contributed by atoms with Crippen LogP contribution in [0.2, 0.25) is 0 Å². The number of piperazine rings is 1. The molecule has 0 atom stereocenters. The number of likely N-dealkylation sites (N-methyl/N-ethyl adjacent to an activating group) is 1. The summed E-state index contributed by atoms with van der Waals surface area (Å²) in [4.78, 5) is 17.1. The van der Waals surface area contributed by atoms with Gasteiger partial charge in [0, 0.05) is 55.6 Å². The molecule has 9 heteroatoms. The highest BCUT2D eigenvalue weighted by Crippen LogP contribution is 2.33. The van der Waals surface area contributed by atoms with Crippen molar-refractivity contribution in [1.29, 1.82) is 0 Å². The number of carbonyl (C=O) groups excluding carboxylic acids is 1. The highest BCUT2D eigenvalue weighted by Gasteiger charge is 2.24. The van der Waals surface area contributed by atoms with E-state index in [1.165, 1.54) is 5.69 Å². The summed E-state index contributed by atoms with van der Waals surface area (Å²) in [6.07, 6.45) is 5.92. The van der Waals surface area contributed by atoms with Gasteiger partial charge in [0.2, 0.25) is 0 Å². The van der Waals surface area contributed by atoms with Gasteiger partial charge in [0.05, 0.1) is 11.6 Å². The predicted octanol–water partition coefficient (Wildman–Crippen LogP) is 3.93. The molecule has 7 nitrogen and oxygen atoms in total. The van der Waals surface area contributed by atoms with E-state index in [9.17, 15) is 18.7 Å². The summed E-state index contributed by atoms with van der Waals surface area (Å²) in [7, 11) is 2.16. The van der Waals surface area contributed by atoms with Crippen LogP contribution in [0.5, 0.6) is 5.75 Å². The Kier molecular flexibility index (Phi) is 6.60. The van der Waals surface area contributed by atoms with E-state index in [2.05, 4.69) is 51.2 Å². The number of aromatic nitrogens is 2. The number of nitrogens with one attached hydrogen (secondary N) is 1. The lowest BCUT2D eigenvalue weighted by molar-refractivity contribution is 0.0940. The zero-order chi connectivity index (χ0) is 24.5. The molecule has 5 rings (SSSR count). The third kappa shape index (κ3) is 5.10. The molecule has 2 fully saturated rings. The third-order valence-corrected chi connectivity index (χ3v) is 7.40. The van der Waals surface area contributed by atoms with Gasteiger partial charge in [0.1, 0.15) is 0 Å². The van der Waals surface area contributed by atoms with Gasteiger partial charge in [-0.15, -0.1) is 0 Å². The Balaban J connectivity index is 1.16. The summed E-state index contributed by atoms with van der Waals surface area (Å²) >= 11 is 0. The third-order valence-electron chi connectivity index (χ3n) is 7.40. The zero-order valence-corrected chi connectivity index (χ0v) is 19.9. The number of amides is 1. The van der Waals surface area contributed by atoms with Gasteiger partial charge in [-0.2, -0.15) is 5.10 Å². The maximum atomic E-state index is 13.5. The van der Waals surface area contributed by atoms with E-state index in [-0.39, 0.29) is 5.56 Å². The number of aromatic hydroxyl groups is 1. The summed E-state index contributed by atoms with van der Waals surface area (Å²) in [6.45, 7) is 4.64. The van der Waals surface area contributed by atoms with Gasteiger partial charge in [0.25, 0.3) is 5.91 Å². The first-order valence-corrected chi connectivity index (χ1v) is 12.3. The molecule has 1 aliphatic heterocycles. The minimum Gasteiger partial charge on any atom is -0.503 e. The van der Waals surface area contributed by atoms with Gasteiger partial charge in [-0.25, -0.2) is 8.78 Å². The first-order valence-electron chi connectivity index (χ1n) is 12.3. The van der Waals surface area contributed by atoms with Crippen LogP contribution in [0.1, 0.15) is 42.1 Å². The number of nitrogens with zero attached hydrogens (tertiary/aromatic N) is 4. The topological polar surface area (TPSA) is 73.6 Å². The van der Waals surface area contributed by atoms with E-state index in [4.69, 9.17) is 5.10 Å². The molecule has 1 aromatic heterocycles. The molecule has 1 saturated carbocycles. The van der Waals surface area contributed by atoms with Crippen LogP contribution in [0.3, 0.4) is 0 Å². The van der Waals surface area contributed by atoms with Crippen molar-refractivity contribution >= 4 is 22.5 Å². The van der Waals surface area contributed by atoms with Gasteiger partial charge in [-0.05, 0) is 69.0 Å². The molecule has 186 valence electrons. The van der Waals surface area contributed by atoms with E-state index in [1.807, 2.05) is 0 Å². The molecule has 2 aliphatic rings. The number of hydrogen-bond acceptors (Lipinski definition) is 5. The quantitative estimate of drug-likeness (QED) is 0.575. The molecular weight excluding hydrogens is 452 g/mol. The van der Waals surface area contributed by atoms with Crippen molar-refractivity contribution in [2.45, 2.75) is 31.7 Å². The molecule has 2 aromatic carbocycles. The maximum Gasteiger partial charge on any atom is 0.251 e. The van der Waals surface area contributed by atoms with Crippen molar-refractivity contribution in [3.63, 3.8) is 0 Å². The summed E-state index contributed by atoms with van der Waals surface area (Å²) in [6, 6.07) is 8.55. The number of phenols is 1. The van der Waals surface area contributed by atoms with Crippen LogP contribution in [0.25, 0.3) is 10.9 Å².